The molecule has 3 heterocycles. The summed E-state index contributed by atoms with van der Waals surface area (Å²) in [5.41, 5.74) is 0. The first-order chi connectivity index (χ1) is 8.33. The van der Waals surface area contributed by atoms with E-state index in [4.69, 9.17) is 0 Å². The average Bonchev–Trinajstić information content (AvgIpc) is 2.93. The second-order valence-electron chi connectivity index (χ2n) is 5.24. The summed E-state index contributed by atoms with van der Waals surface area (Å²) < 4.78 is 0. The minimum Gasteiger partial charge on any atom is -0.306 e. The Morgan fingerprint density at radius 3 is 3.18 bits per heavy atom. The van der Waals surface area contributed by atoms with Crippen LogP contribution in [-0.4, -0.2) is 35.1 Å². The highest BCUT2D eigenvalue weighted by Crippen LogP contribution is 2.27. The van der Waals surface area contributed by atoms with Crippen LogP contribution in [0.3, 0.4) is 0 Å². The van der Waals surface area contributed by atoms with E-state index in [0.717, 1.165) is 12.6 Å². The molecule has 0 spiro atoms. The summed E-state index contributed by atoms with van der Waals surface area (Å²) in [5.74, 6) is 0. The molecule has 4 heteroatoms. The van der Waals surface area contributed by atoms with Crippen molar-refractivity contribution < 1.29 is 0 Å². The molecule has 0 bridgehead atoms. The van der Waals surface area contributed by atoms with E-state index in [2.05, 4.69) is 22.1 Å². The normalized spacial score (nSPS) is 29.5. The number of nitrogens with zero attached hydrogens (tertiary/aromatic N) is 2. The molecule has 0 saturated carbocycles. The molecule has 2 atom stereocenters. The summed E-state index contributed by atoms with van der Waals surface area (Å²) in [6, 6.07) is 1.49. The molecule has 3 nitrogen and oxygen atoms in total. The molecule has 0 radical (unpaired) electrons. The number of aryl methyl sites for hydroxylation is 1. The van der Waals surface area contributed by atoms with E-state index in [1.165, 1.54) is 48.7 Å². The Kier molecular flexibility index (Phi) is 3.45. The predicted octanol–water partition coefficient (Wildman–Crippen LogP) is 2.17. The second-order valence-corrected chi connectivity index (χ2v) is 6.56. The van der Waals surface area contributed by atoms with Gasteiger partial charge < -0.3 is 5.32 Å². The first-order valence-corrected chi connectivity index (χ1v) is 7.53. The lowest BCUT2D eigenvalue weighted by atomic mass is 9.99. The highest BCUT2D eigenvalue weighted by molar-refractivity contribution is 7.11. The SMILES string of the molecule is Cc1cnc(CNC2CCN3CCCCC23)s1. The van der Waals surface area contributed by atoms with Gasteiger partial charge in [0.2, 0.25) is 0 Å². The molecule has 2 saturated heterocycles. The van der Waals surface area contributed by atoms with Crippen molar-refractivity contribution in [3.05, 3.63) is 16.1 Å². The maximum Gasteiger partial charge on any atom is 0.107 e. The largest absolute Gasteiger partial charge is 0.306 e. The van der Waals surface area contributed by atoms with Gasteiger partial charge in [0.1, 0.15) is 5.01 Å². The van der Waals surface area contributed by atoms with Gasteiger partial charge in [-0.25, -0.2) is 4.98 Å². The van der Waals surface area contributed by atoms with Gasteiger partial charge in [-0.3, -0.25) is 4.90 Å². The average molecular weight is 251 g/mol. The van der Waals surface area contributed by atoms with Gasteiger partial charge in [-0.2, -0.15) is 0 Å². The molecular weight excluding hydrogens is 230 g/mol. The molecule has 3 rings (SSSR count). The smallest absolute Gasteiger partial charge is 0.107 e. The first-order valence-electron chi connectivity index (χ1n) is 6.71. The number of aromatic nitrogens is 1. The van der Waals surface area contributed by atoms with Crippen LogP contribution in [0, 0.1) is 6.92 Å². The highest BCUT2D eigenvalue weighted by Gasteiger charge is 2.34. The standard InChI is InChI=1S/C13H21N3S/c1-10-8-15-13(17-10)9-14-11-5-7-16-6-3-2-4-12(11)16/h8,11-12,14H,2-7,9H2,1H3. The van der Waals surface area contributed by atoms with Crippen molar-refractivity contribution >= 4 is 11.3 Å². The second kappa shape index (κ2) is 5.04. The minimum atomic E-state index is 0.694. The summed E-state index contributed by atoms with van der Waals surface area (Å²) >= 11 is 1.81. The third kappa shape index (κ3) is 2.54. The Bertz CT molecular complexity index is 376. The topological polar surface area (TPSA) is 28.2 Å². The fraction of sp³-hybridized carbons (Fsp3) is 0.769. The zero-order chi connectivity index (χ0) is 11.7. The summed E-state index contributed by atoms with van der Waals surface area (Å²) in [4.78, 5) is 8.41. The van der Waals surface area contributed by atoms with Gasteiger partial charge in [-0.1, -0.05) is 6.42 Å². The lowest BCUT2D eigenvalue weighted by molar-refractivity contribution is 0.180. The van der Waals surface area contributed by atoms with E-state index in [0.29, 0.717) is 6.04 Å². The van der Waals surface area contributed by atoms with E-state index >= 15 is 0 Å². The van der Waals surface area contributed by atoms with Crippen LogP contribution in [0.25, 0.3) is 0 Å². The van der Waals surface area contributed by atoms with Crippen molar-refractivity contribution in [2.24, 2.45) is 0 Å². The Hall–Kier alpha value is -0.450. The maximum atomic E-state index is 4.42. The molecule has 1 aromatic heterocycles. The van der Waals surface area contributed by atoms with Gasteiger partial charge >= 0.3 is 0 Å². The molecule has 0 amide bonds. The third-order valence-electron chi connectivity index (χ3n) is 4.04. The lowest BCUT2D eigenvalue weighted by Gasteiger charge is -2.32. The number of rotatable bonds is 3. The Labute approximate surface area is 107 Å². The molecule has 94 valence electrons. The Balaban J connectivity index is 1.55. The highest BCUT2D eigenvalue weighted by atomic mass is 32.1. The van der Waals surface area contributed by atoms with E-state index in [-0.39, 0.29) is 0 Å². The van der Waals surface area contributed by atoms with E-state index in [9.17, 15) is 0 Å². The monoisotopic (exact) mass is 251 g/mol. The minimum absolute atomic E-state index is 0.694. The van der Waals surface area contributed by atoms with Crippen molar-refractivity contribution in [3.63, 3.8) is 0 Å². The van der Waals surface area contributed by atoms with Crippen LogP contribution in [0.1, 0.15) is 35.6 Å². The molecule has 17 heavy (non-hydrogen) atoms. The maximum absolute atomic E-state index is 4.42. The van der Waals surface area contributed by atoms with Crippen LogP contribution in [0.15, 0.2) is 6.20 Å². The molecule has 2 aliphatic rings. The van der Waals surface area contributed by atoms with Crippen LogP contribution < -0.4 is 5.32 Å². The molecule has 1 aromatic rings. The van der Waals surface area contributed by atoms with Gasteiger partial charge in [0.05, 0.1) is 0 Å². The zero-order valence-electron chi connectivity index (χ0n) is 10.5. The van der Waals surface area contributed by atoms with E-state index in [1.54, 1.807) is 0 Å². The van der Waals surface area contributed by atoms with Gasteiger partial charge in [0.15, 0.2) is 0 Å². The summed E-state index contributed by atoms with van der Waals surface area (Å²) in [6.07, 6.45) is 7.48. The van der Waals surface area contributed by atoms with Crippen LogP contribution in [0.5, 0.6) is 0 Å². The van der Waals surface area contributed by atoms with Gasteiger partial charge in [-0.15, -0.1) is 11.3 Å². The third-order valence-corrected chi connectivity index (χ3v) is 4.95. The Morgan fingerprint density at radius 2 is 2.35 bits per heavy atom. The quantitative estimate of drug-likeness (QED) is 0.892. The van der Waals surface area contributed by atoms with Crippen molar-refractivity contribution in [1.29, 1.82) is 0 Å². The van der Waals surface area contributed by atoms with Crippen LogP contribution in [0.2, 0.25) is 0 Å². The number of nitrogens with one attached hydrogen (secondary N) is 1. The lowest BCUT2D eigenvalue weighted by Crippen LogP contribution is -2.44. The van der Waals surface area contributed by atoms with Gasteiger partial charge in [0.25, 0.3) is 0 Å². The van der Waals surface area contributed by atoms with Gasteiger partial charge in [0, 0.05) is 36.2 Å². The van der Waals surface area contributed by atoms with E-state index in [1.807, 2.05) is 17.5 Å². The molecule has 0 aliphatic carbocycles. The summed E-state index contributed by atoms with van der Waals surface area (Å²) in [6.45, 7) is 5.69. The number of hydrogen-bond donors (Lipinski definition) is 1. The van der Waals surface area contributed by atoms with Crippen molar-refractivity contribution in [3.8, 4) is 0 Å². The molecule has 2 aliphatic heterocycles. The molecule has 2 fully saturated rings. The first kappa shape index (κ1) is 11.6. The molecule has 1 N–H and O–H groups in total. The number of piperidine rings is 1. The van der Waals surface area contributed by atoms with Crippen LogP contribution >= 0.6 is 11.3 Å². The number of hydrogen-bond acceptors (Lipinski definition) is 4. The fourth-order valence-electron chi connectivity index (χ4n) is 3.19. The molecule has 2 unspecified atom stereocenters. The number of fused-ring (bicyclic) bond motifs is 1. The summed E-state index contributed by atoms with van der Waals surface area (Å²) in [5, 5.41) is 4.95. The summed E-state index contributed by atoms with van der Waals surface area (Å²) in [7, 11) is 0. The Morgan fingerprint density at radius 1 is 1.41 bits per heavy atom. The molecular formula is C13H21N3S. The number of thiazole rings is 1. The van der Waals surface area contributed by atoms with Crippen molar-refractivity contribution in [2.45, 2.75) is 51.2 Å². The molecule has 0 aromatic carbocycles. The van der Waals surface area contributed by atoms with Crippen LogP contribution in [0.4, 0.5) is 0 Å². The van der Waals surface area contributed by atoms with Crippen molar-refractivity contribution in [1.82, 2.24) is 15.2 Å². The predicted molar refractivity (Wildman–Crippen MR) is 71.3 cm³/mol. The fourth-order valence-corrected chi connectivity index (χ4v) is 3.93. The zero-order valence-corrected chi connectivity index (χ0v) is 11.3. The van der Waals surface area contributed by atoms with Gasteiger partial charge in [-0.05, 0) is 32.7 Å². The van der Waals surface area contributed by atoms with Crippen molar-refractivity contribution in [2.75, 3.05) is 13.1 Å². The van der Waals surface area contributed by atoms with E-state index < -0.39 is 0 Å². The van der Waals surface area contributed by atoms with Crippen LogP contribution in [-0.2, 0) is 6.54 Å².